The minimum Gasteiger partial charge on any atom is -0.480 e. The van der Waals surface area contributed by atoms with Gasteiger partial charge in [-0.2, -0.15) is 4.98 Å². The minimum absolute atomic E-state index is 0.0180. The van der Waals surface area contributed by atoms with E-state index in [1.807, 2.05) is 17.5 Å². The third-order valence-corrected chi connectivity index (χ3v) is 4.36. The average Bonchev–Trinajstić information content (AvgIpc) is 3.23. The molecule has 122 valence electrons. The number of amides is 1. The molecular weight excluding hydrogens is 322 g/mol. The van der Waals surface area contributed by atoms with Crippen LogP contribution < -0.4 is 0 Å². The van der Waals surface area contributed by atoms with E-state index < -0.39 is 12.0 Å². The first-order valence-corrected chi connectivity index (χ1v) is 7.99. The van der Waals surface area contributed by atoms with Crippen LogP contribution in [0.4, 0.5) is 0 Å². The van der Waals surface area contributed by atoms with Gasteiger partial charge in [-0.05, 0) is 11.4 Å². The van der Waals surface area contributed by atoms with Crippen LogP contribution in [-0.4, -0.2) is 57.8 Å². The lowest BCUT2D eigenvalue weighted by molar-refractivity contribution is -0.158. The predicted molar refractivity (Wildman–Crippen MR) is 79.9 cm³/mol. The zero-order valence-corrected chi connectivity index (χ0v) is 13.0. The van der Waals surface area contributed by atoms with Crippen LogP contribution in [0, 0.1) is 0 Å². The molecule has 1 saturated heterocycles. The molecule has 1 fully saturated rings. The third-order valence-electron chi connectivity index (χ3n) is 3.50. The summed E-state index contributed by atoms with van der Waals surface area (Å²) in [4.78, 5) is 29.9. The molecule has 0 bridgehead atoms. The fraction of sp³-hybridized carbons (Fsp3) is 0.429. The van der Waals surface area contributed by atoms with Crippen LogP contribution >= 0.6 is 11.3 Å². The van der Waals surface area contributed by atoms with Crippen molar-refractivity contribution >= 4 is 23.2 Å². The predicted octanol–water partition coefficient (Wildman–Crippen LogP) is 1.04. The third kappa shape index (κ3) is 3.57. The van der Waals surface area contributed by atoms with E-state index in [4.69, 9.17) is 14.4 Å². The summed E-state index contributed by atoms with van der Waals surface area (Å²) in [7, 11) is 0. The lowest BCUT2D eigenvalue weighted by Gasteiger charge is -2.32. The van der Waals surface area contributed by atoms with Crippen LogP contribution in [0.15, 0.2) is 22.0 Å². The highest BCUT2D eigenvalue weighted by molar-refractivity contribution is 7.13. The molecule has 0 radical (unpaired) electrons. The van der Waals surface area contributed by atoms with Gasteiger partial charge in [-0.15, -0.1) is 11.3 Å². The number of thiophene rings is 1. The van der Waals surface area contributed by atoms with Crippen LogP contribution in [-0.2, 0) is 20.7 Å². The Balaban J connectivity index is 1.59. The van der Waals surface area contributed by atoms with Gasteiger partial charge in [0.1, 0.15) is 0 Å². The molecule has 1 N–H and O–H groups in total. The van der Waals surface area contributed by atoms with Crippen LogP contribution in [0.25, 0.3) is 10.7 Å². The maximum absolute atomic E-state index is 12.2. The number of carbonyl (C=O) groups excluding carboxylic acids is 1. The van der Waals surface area contributed by atoms with Crippen molar-refractivity contribution in [3.63, 3.8) is 0 Å². The Morgan fingerprint density at radius 2 is 2.35 bits per heavy atom. The lowest BCUT2D eigenvalue weighted by atomic mass is 10.2. The van der Waals surface area contributed by atoms with Gasteiger partial charge in [0, 0.05) is 19.4 Å². The van der Waals surface area contributed by atoms with E-state index in [1.165, 1.54) is 16.2 Å². The number of morpholine rings is 1. The van der Waals surface area contributed by atoms with Crippen molar-refractivity contribution in [1.82, 2.24) is 15.0 Å². The normalized spacial score (nSPS) is 18.1. The number of carboxylic acid groups (broad SMARTS) is 1. The molecule has 8 nitrogen and oxygen atoms in total. The fourth-order valence-corrected chi connectivity index (χ4v) is 2.98. The van der Waals surface area contributed by atoms with Gasteiger partial charge in [0.25, 0.3) is 0 Å². The summed E-state index contributed by atoms with van der Waals surface area (Å²) in [5, 5.41) is 14.9. The van der Waals surface area contributed by atoms with Gasteiger partial charge in [-0.1, -0.05) is 11.2 Å². The smallest absolute Gasteiger partial charge is 0.328 e. The van der Waals surface area contributed by atoms with Crippen molar-refractivity contribution in [1.29, 1.82) is 0 Å². The van der Waals surface area contributed by atoms with Crippen molar-refractivity contribution in [3.05, 3.63) is 23.4 Å². The SMILES string of the molecule is O=C(O)C1COCCN1C(=O)CCc1nc(-c2cccs2)no1. The molecule has 0 spiro atoms. The molecule has 1 aliphatic rings. The van der Waals surface area contributed by atoms with Crippen molar-refractivity contribution in [3.8, 4) is 10.7 Å². The summed E-state index contributed by atoms with van der Waals surface area (Å²) in [6.45, 7) is 0.642. The summed E-state index contributed by atoms with van der Waals surface area (Å²) in [6, 6.07) is 2.85. The van der Waals surface area contributed by atoms with E-state index in [0.29, 0.717) is 18.3 Å². The second-order valence-electron chi connectivity index (χ2n) is 5.01. The number of aromatic nitrogens is 2. The Morgan fingerprint density at radius 1 is 1.48 bits per heavy atom. The number of carboxylic acids is 1. The molecule has 1 unspecified atom stereocenters. The Bertz CT molecular complexity index is 684. The molecule has 0 saturated carbocycles. The summed E-state index contributed by atoms with van der Waals surface area (Å²) in [6.07, 6.45) is 0.400. The van der Waals surface area contributed by atoms with Gasteiger partial charge in [0.15, 0.2) is 6.04 Å². The highest BCUT2D eigenvalue weighted by Crippen LogP contribution is 2.21. The molecular formula is C14H15N3O5S. The van der Waals surface area contributed by atoms with Crippen molar-refractivity contribution in [2.45, 2.75) is 18.9 Å². The Hall–Kier alpha value is -2.26. The number of aliphatic carboxylic acids is 1. The molecule has 1 aliphatic heterocycles. The molecule has 0 aliphatic carbocycles. The summed E-state index contributed by atoms with van der Waals surface area (Å²) in [5.41, 5.74) is 0. The molecule has 1 amide bonds. The summed E-state index contributed by atoms with van der Waals surface area (Å²) >= 11 is 1.50. The molecule has 0 aromatic carbocycles. The van der Waals surface area contributed by atoms with Gasteiger partial charge in [-0.3, -0.25) is 4.79 Å². The quantitative estimate of drug-likeness (QED) is 0.869. The maximum atomic E-state index is 12.2. The fourth-order valence-electron chi connectivity index (χ4n) is 2.33. The first-order chi connectivity index (χ1) is 11.1. The maximum Gasteiger partial charge on any atom is 0.328 e. The zero-order valence-electron chi connectivity index (χ0n) is 12.2. The molecule has 3 heterocycles. The summed E-state index contributed by atoms with van der Waals surface area (Å²) in [5.74, 6) is -0.452. The molecule has 2 aromatic heterocycles. The second-order valence-corrected chi connectivity index (χ2v) is 5.95. The average molecular weight is 337 g/mol. The lowest BCUT2D eigenvalue weighted by Crippen LogP contribution is -2.52. The number of carbonyl (C=O) groups is 2. The second kappa shape index (κ2) is 6.88. The Kier molecular flexibility index (Phi) is 4.68. The van der Waals surface area contributed by atoms with Crippen LogP contribution in [0.1, 0.15) is 12.3 Å². The summed E-state index contributed by atoms with van der Waals surface area (Å²) < 4.78 is 10.3. The van der Waals surface area contributed by atoms with E-state index in [-0.39, 0.29) is 31.9 Å². The first kappa shape index (κ1) is 15.6. The van der Waals surface area contributed by atoms with Gasteiger partial charge in [0.05, 0.1) is 18.1 Å². The van der Waals surface area contributed by atoms with Crippen LogP contribution in [0.2, 0.25) is 0 Å². The van der Waals surface area contributed by atoms with Crippen molar-refractivity contribution in [2.75, 3.05) is 19.8 Å². The monoisotopic (exact) mass is 337 g/mol. The molecule has 1 atom stereocenters. The Labute approximate surface area is 135 Å². The minimum atomic E-state index is -1.06. The first-order valence-electron chi connectivity index (χ1n) is 7.11. The van der Waals surface area contributed by atoms with Gasteiger partial charge < -0.3 is 19.3 Å². The van der Waals surface area contributed by atoms with E-state index in [9.17, 15) is 9.59 Å². The van der Waals surface area contributed by atoms with Crippen LogP contribution in [0.5, 0.6) is 0 Å². The molecule has 3 rings (SSSR count). The number of aryl methyl sites for hydroxylation is 1. The number of nitrogens with zero attached hydrogens (tertiary/aromatic N) is 3. The van der Waals surface area contributed by atoms with Gasteiger partial charge in [-0.25, -0.2) is 4.79 Å². The molecule has 2 aromatic rings. The molecule has 23 heavy (non-hydrogen) atoms. The highest BCUT2D eigenvalue weighted by atomic mass is 32.1. The van der Waals surface area contributed by atoms with Gasteiger partial charge >= 0.3 is 5.97 Å². The van der Waals surface area contributed by atoms with Crippen molar-refractivity contribution < 1.29 is 24.0 Å². The molecule has 9 heteroatoms. The number of hydrogen-bond donors (Lipinski definition) is 1. The van der Waals surface area contributed by atoms with Crippen LogP contribution in [0.3, 0.4) is 0 Å². The largest absolute Gasteiger partial charge is 0.480 e. The van der Waals surface area contributed by atoms with E-state index >= 15 is 0 Å². The van der Waals surface area contributed by atoms with Gasteiger partial charge in [0.2, 0.25) is 17.6 Å². The van der Waals surface area contributed by atoms with Crippen molar-refractivity contribution in [2.24, 2.45) is 0 Å². The Morgan fingerprint density at radius 3 is 3.09 bits per heavy atom. The van der Waals surface area contributed by atoms with E-state index in [1.54, 1.807) is 0 Å². The van der Waals surface area contributed by atoms with E-state index in [2.05, 4.69) is 10.1 Å². The highest BCUT2D eigenvalue weighted by Gasteiger charge is 2.32. The van der Waals surface area contributed by atoms with E-state index in [0.717, 1.165) is 4.88 Å². The number of ether oxygens (including phenoxy) is 1. The standard InChI is InChI=1S/C14H15N3O5S/c18-12(17-5-6-21-8-9(17)14(19)20)4-3-11-15-13(16-22-11)10-2-1-7-23-10/h1-2,7,9H,3-6,8H2,(H,19,20). The zero-order chi connectivity index (χ0) is 16.2. The number of hydrogen-bond acceptors (Lipinski definition) is 7. The number of rotatable bonds is 5. The topological polar surface area (TPSA) is 106 Å².